The highest BCUT2D eigenvalue weighted by Crippen LogP contribution is 2.32. The number of fused-ring (bicyclic) bond motifs is 1. The summed E-state index contributed by atoms with van der Waals surface area (Å²) in [4.78, 5) is 16.6. The van der Waals surface area contributed by atoms with Crippen LogP contribution in [0.2, 0.25) is 5.02 Å². The van der Waals surface area contributed by atoms with Crippen LogP contribution in [0.4, 0.5) is 0 Å². The molecule has 7 heteroatoms. The van der Waals surface area contributed by atoms with E-state index in [1.54, 1.807) is 0 Å². The first-order valence-corrected chi connectivity index (χ1v) is 9.51. The van der Waals surface area contributed by atoms with Gasteiger partial charge < -0.3 is 10.2 Å². The number of halogens is 1. The van der Waals surface area contributed by atoms with Crippen molar-refractivity contribution in [3.8, 4) is 5.69 Å². The van der Waals surface area contributed by atoms with Crippen molar-refractivity contribution in [3.63, 3.8) is 0 Å². The summed E-state index contributed by atoms with van der Waals surface area (Å²) in [6.45, 7) is 6.48. The molecule has 1 atom stereocenters. The number of rotatable bonds is 2. The number of aromatic nitrogens is 2. The molecule has 1 saturated heterocycles. The molecule has 0 aliphatic carbocycles. The van der Waals surface area contributed by atoms with Crippen LogP contribution in [0.5, 0.6) is 0 Å². The molecule has 1 aliphatic rings. The molecule has 4 rings (SSSR count). The van der Waals surface area contributed by atoms with Crippen molar-refractivity contribution in [1.29, 1.82) is 0 Å². The Morgan fingerprint density at radius 2 is 2.24 bits per heavy atom. The van der Waals surface area contributed by atoms with E-state index in [-0.39, 0.29) is 11.9 Å². The molecule has 1 amide bonds. The summed E-state index contributed by atoms with van der Waals surface area (Å²) in [5.41, 5.74) is 1.82. The number of nitrogens with one attached hydrogen (secondary N) is 1. The van der Waals surface area contributed by atoms with Crippen LogP contribution in [-0.2, 0) is 0 Å². The summed E-state index contributed by atoms with van der Waals surface area (Å²) in [6.07, 6.45) is 0. The van der Waals surface area contributed by atoms with Gasteiger partial charge in [-0.1, -0.05) is 17.7 Å². The fraction of sp³-hybridized carbons (Fsp3) is 0.333. The maximum absolute atomic E-state index is 12.9. The minimum Gasteiger partial charge on any atom is -0.333 e. The molecule has 1 unspecified atom stereocenters. The topological polar surface area (TPSA) is 50.2 Å². The van der Waals surface area contributed by atoms with Crippen molar-refractivity contribution in [2.24, 2.45) is 0 Å². The maximum atomic E-state index is 12.9. The van der Waals surface area contributed by atoms with Gasteiger partial charge in [-0.2, -0.15) is 5.10 Å². The van der Waals surface area contributed by atoms with E-state index in [2.05, 4.69) is 17.3 Å². The Bertz CT molecular complexity index is 948. The number of carbonyl (C=O) groups is 1. The predicted octanol–water partition coefficient (Wildman–Crippen LogP) is 3.48. The molecular weight excluding hydrogens is 356 g/mol. The van der Waals surface area contributed by atoms with Gasteiger partial charge in [-0.3, -0.25) is 4.79 Å². The lowest BCUT2D eigenvalue weighted by atomic mass is 10.2. The summed E-state index contributed by atoms with van der Waals surface area (Å²) in [6, 6.07) is 9.78. The lowest BCUT2D eigenvalue weighted by molar-refractivity contribution is 0.0661. The van der Waals surface area contributed by atoms with Gasteiger partial charge in [0.25, 0.3) is 5.91 Å². The second kappa shape index (κ2) is 6.44. The molecule has 1 N–H and O–H groups in total. The first-order valence-electron chi connectivity index (χ1n) is 8.31. The predicted molar refractivity (Wildman–Crippen MR) is 102 cm³/mol. The van der Waals surface area contributed by atoms with Crippen LogP contribution < -0.4 is 5.32 Å². The molecular formula is C18H19ClN4OS. The van der Waals surface area contributed by atoms with E-state index in [1.807, 2.05) is 46.8 Å². The fourth-order valence-electron chi connectivity index (χ4n) is 3.22. The second-order valence-corrected chi connectivity index (χ2v) is 7.83. The number of amides is 1. The van der Waals surface area contributed by atoms with Gasteiger partial charge in [0.15, 0.2) is 0 Å². The van der Waals surface area contributed by atoms with E-state index in [1.165, 1.54) is 11.3 Å². The highest BCUT2D eigenvalue weighted by Gasteiger charge is 2.26. The Labute approximate surface area is 155 Å². The minimum atomic E-state index is 0.104. The highest BCUT2D eigenvalue weighted by molar-refractivity contribution is 7.20. The summed E-state index contributed by atoms with van der Waals surface area (Å²) < 4.78 is 1.87. The first kappa shape index (κ1) is 16.6. The Balaban J connectivity index is 1.75. The van der Waals surface area contributed by atoms with Gasteiger partial charge in [0.1, 0.15) is 4.83 Å². The maximum Gasteiger partial charge on any atom is 0.264 e. The van der Waals surface area contributed by atoms with Gasteiger partial charge >= 0.3 is 0 Å². The molecule has 1 fully saturated rings. The number of nitrogens with zero attached hydrogens (tertiary/aromatic N) is 3. The SMILES string of the molecule is Cc1nn(-c2cccc(Cl)c2)c2sc(C(=O)N3CCNCC3C)cc12. The summed E-state index contributed by atoms with van der Waals surface area (Å²) in [7, 11) is 0. The van der Waals surface area contributed by atoms with Gasteiger partial charge in [-0.05, 0) is 38.1 Å². The van der Waals surface area contributed by atoms with Crippen LogP contribution in [0.1, 0.15) is 22.3 Å². The third-order valence-electron chi connectivity index (χ3n) is 4.57. The molecule has 5 nitrogen and oxygen atoms in total. The molecule has 3 aromatic rings. The Kier molecular flexibility index (Phi) is 4.27. The third-order valence-corrected chi connectivity index (χ3v) is 5.90. The molecule has 0 radical (unpaired) electrons. The van der Waals surface area contributed by atoms with Gasteiger partial charge in [0, 0.05) is 36.1 Å². The van der Waals surface area contributed by atoms with Crippen LogP contribution in [0.3, 0.4) is 0 Å². The monoisotopic (exact) mass is 374 g/mol. The van der Waals surface area contributed by atoms with Gasteiger partial charge in [-0.25, -0.2) is 4.68 Å². The molecule has 2 aromatic heterocycles. The number of hydrogen-bond donors (Lipinski definition) is 1. The van der Waals surface area contributed by atoms with E-state index in [4.69, 9.17) is 11.6 Å². The van der Waals surface area contributed by atoms with Gasteiger partial charge in [-0.15, -0.1) is 11.3 Å². The van der Waals surface area contributed by atoms with Crippen LogP contribution in [0.25, 0.3) is 15.9 Å². The van der Waals surface area contributed by atoms with Crippen molar-refractivity contribution < 1.29 is 4.79 Å². The molecule has 0 saturated carbocycles. The Hall–Kier alpha value is -1.89. The summed E-state index contributed by atoms with van der Waals surface area (Å²) >= 11 is 7.62. The smallest absolute Gasteiger partial charge is 0.264 e. The molecule has 1 aliphatic heterocycles. The minimum absolute atomic E-state index is 0.104. The van der Waals surface area contributed by atoms with Crippen molar-refractivity contribution in [3.05, 3.63) is 45.9 Å². The number of carbonyl (C=O) groups excluding carboxylic acids is 1. The third kappa shape index (κ3) is 2.94. The zero-order valence-corrected chi connectivity index (χ0v) is 15.7. The van der Waals surface area contributed by atoms with E-state index >= 15 is 0 Å². The van der Waals surface area contributed by atoms with Crippen molar-refractivity contribution in [1.82, 2.24) is 20.0 Å². The van der Waals surface area contributed by atoms with E-state index in [9.17, 15) is 4.79 Å². The van der Waals surface area contributed by atoms with E-state index in [0.29, 0.717) is 5.02 Å². The second-order valence-electron chi connectivity index (χ2n) is 6.36. The van der Waals surface area contributed by atoms with Crippen LogP contribution >= 0.6 is 22.9 Å². The van der Waals surface area contributed by atoms with E-state index in [0.717, 1.165) is 46.1 Å². The van der Waals surface area contributed by atoms with Crippen molar-refractivity contribution >= 4 is 39.1 Å². The normalized spacial score (nSPS) is 18.0. The van der Waals surface area contributed by atoms with Crippen molar-refractivity contribution in [2.45, 2.75) is 19.9 Å². The molecule has 25 heavy (non-hydrogen) atoms. The fourth-order valence-corrected chi connectivity index (χ4v) is 4.54. The van der Waals surface area contributed by atoms with E-state index < -0.39 is 0 Å². The van der Waals surface area contributed by atoms with Crippen LogP contribution in [0.15, 0.2) is 30.3 Å². The number of piperazine rings is 1. The standard InChI is InChI=1S/C18H19ClN4OS/c1-11-10-20-6-7-22(11)17(24)16-9-15-12(2)21-23(18(15)25-16)14-5-3-4-13(19)8-14/h3-5,8-9,11,20H,6-7,10H2,1-2H3. The zero-order chi connectivity index (χ0) is 17.6. The zero-order valence-electron chi connectivity index (χ0n) is 14.1. The summed E-state index contributed by atoms with van der Waals surface area (Å²) in [5.74, 6) is 0.104. The molecule has 3 heterocycles. The first-order chi connectivity index (χ1) is 12.0. The Morgan fingerprint density at radius 1 is 1.40 bits per heavy atom. The Morgan fingerprint density at radius 3 is 3.00 bits per heavy atom. The molecule has 0 spiro atoms. The average Bonchev–Trinajstić information content (AvgIpc) is 3.16. The van der Waals surface area contributed by atoms with Gasteiger partial charge in [0.2, 0.25) is 0 Å². The number of thiophene rings is 1. The quantitative estimate of drug-likeness (QED) is 0.747. The molecule has 130 valence electrons. The largest absolute Gasteiger partial charge is 0.333 e. The highest BCUT2D eigenvalue weighted by atomic mass is 35.5. The molecule has 0 bridgehead atoms. The van der Waals surface area contributed by atoms with Crippen LogP contribution in [0, 0.1) is 6.92 Å². The lowest BCUT2D eigenvalue weighted by Gasteiger charge is -2.33. The van der Waals surface area contributed by atoms with Crippen LogP contribution in [-0.4, -0.2) is 46.3 Å². The molecule has 1 aromatic carbocycles. The average molecular weight is 375 g/mol. The lowest BCUT2D eigenvalue weighted by Crippen LogP contribution is -2.52. The van der Waals surface area contributed by atoms with Gasteiger partial charge in [0.05, 0.1) is 16.3 Å². The van der Waals surface area contributed by atoms with Crippen molar-refractivity contribution in [2.75, 3.05) is 19.6 Å². The number of aryl methyl sites for hydroxylation is 1. The summed E-state index contributed by atoms with van der Waals surface area (Å²) in [5, 5.41) is 9.63. The number of hydrogen-bond acceptors (Lipinski definition) is 4. The number of benzene rings is 1.